The molecule has 4 nitrogen and oxygen atoms in total. The summed E-state index contributed by atoms with van der Waals surface area (Å²) in [5.41, 5.74) is 1.47. The Morgan fingerprint density at radius 2 is 1.70 bits per heavy atom. The summed E-state index contributed by atoms with van der Waals surface area (Å²) in [6.45, 7) is 0. The molecule has 0 saturated heterocycles. The molecule has 0 aliphatic carbocycles. The van der Waals surface area contributed by atoms with E-state index in [4.69, 9.17) is 0 Å². The Kier molecular flexibility index (Phi) is 2.99. The van der Waals surface area contributed by atoms with E-state index in [9.17, 15) is 8.42 Å². The van der Waals surface area contributed by atoms with Gasteiger partial charge < -0.3 is 0 Å². The number of hydrogen-bond acceptors (Lipinski definition) is 4. The summed E-state index contributed by atoms with van der Waals surface area (Å²) in [6.07, 6.45) is 2.57. The minimum Gasteiger partial charge on any atom is -0.227 e. The summed E-state index contributed by atoms with van der Waals surface area (Å²) in [6, 6.07) is 15.6. The summed E-state index contributed by atoms with van der Waals surface area (Å²) in [5, 5.41) is 2.07. The molecule has 0 saturated carbocycles. The van der Waals surface area contributed by atoms with Gasteiger partial charge in [-0.2, -0.15) is 0 Å². The summed E-state index contributed by atoms with van der Waals surface area (Å²) in [4.78, 5) is 7.92. The quantitative estimate of drug-likeness (QED) is 0.679. The number of rotatable bonds is 2. The Balaban J connectivity index is 2.16. The molecule has 0 amide bonds. The van der Waals surface area contributed by atoms with Crippen LogP contribution in [0.4, 0.5) is 0 Å². The van der Waals surface area contributed by atoms with Crippen LogP contribution in [0.2, 0.25) is 0 Å². The molecule has 0 aliphatic rings. The topological polar surface area (TPSA) is 59.9 Å². The number of nitrogens with zero attached hydrogens (tertiary/aromatic N) is 2. The van der Waals surface area contributed by atoms with Crippen molar-refractivity contribution < 1.29 is 8.42 Å². The van der Waals surface area contributed by atoms with E-state index in [1.54, 1.807) is 6.07 Å². The van der Waals surface area contributed by atoms with E-state index in [1.807, 2.05) is 42.5 Å². The third-order valence-corrected chi connectivity index (χ3v) is 3.87. The molecule has 20 heavy (non-hydrogen) atoms. The molecule has 1 aromatic heterocycles. The highest BCUT2D eigenvalue weighted by atomic mass is 32.2. The van der Waals surface area contributed by atoms with Gasteiger partial charge in [-0.05, 0) is 22.9 Å². The lowest BCUT2D eigenvalue weighted by Gasteiger charge is -2.04. The molecule has 3 aromatic rings. The normalized spacial score (nSPS) is 11.7. The zero-order valence-corrected chi connectivity index (χ0v) is 11.6. The van der Waals surface area contributed by atoms with E-state index in [0.717, 1.165) is 22.6 Å². The second-order valence-electron chi connectivity index (χ2n) is 4.56. The lowest BCUT2D eigenvalue weighted by Crippen LogP contribution is -2.04. The largest absolute Gasteiger partial charge is 0.247 e. The molecule has 0 fully saturated rings. The predicted molar refractivity (Wildman–Crippen MR) is 78.1 cm³/mol. The molecule has 5 heteroatoms. The van der Waals surface area contributed by atoms with Gasteiger partial charge in [0.1, 0.15) is 0 Å². The number of fused-ring (bicyclic) bond motifs is 1. The fourth-order valence-corrected chi connectivity index (χ4v) is 2.55. The first kappa shape index (κ1) is 12.7. The Bertz CT molecular complexity index is 889. The van der Waals surface area contributed by atoms with E-state index < -0.39 is 9.84 Å². The first-order chi connectivity index (χ1) is 9.54. The van der Waals surface area contributed by atoms with Crippen LogP contribution in [0.3, 0.4) is 0 Å². The van der Waals surface area contributed by atoms with Crippen LogP contribution in [0, 0.1) is 0 Å². The molecular weight excluding hydrogens is 272 g/mol. The van der Waals surface area contributed by atoms with Gasteiger partial charge in [0.15, 0.2) is 0 Å². The van der Waals surface area contributed by atoms with Crippen LogP contribution in [0.25, 0.3) is 22.0 Å². The first-order valence-corrected chi connectivity index (χ1v) is 7.95. The van der Waals surface area contributed by atoms with Gasteiger partial charge in [-0.25, -0.2) is 18.4 Å². The second kappa shape index (κ2) is 4.68. The minimum atomic E-state index is -3.40. The summed E-state index contributed by atoms with van der Waals surface area (Å²) in [5.74, 6) is 0. The van der Waals surface area contributed by atoms with Crippen LogP contribution in [0.1, 0.15) is 0 Å². The van der Waals surface area contributed by atoms with Gasteiger partial charge in [-0.1, -0.05) is 36.4 Å². The maximum absolute atomic E-state index is 11.5. The highest BCUT2D eigenvalue weighted by molar-refractivity contribution is 7.90. The van der Waals surface area contributed by atoms with Crippen molar-refractivity contribution in [2.24, 2.45) is 0 Å². The third kappa shape index (κ3) is 2.40. The van der Waals surface area contributed by atoms with Crippen molar-refractivity contribution >= 4 is 20.6 Å². The number of benzene rings is 2. The van der Waals surface area contributed by atoms with Gasteiger partial charge in [0.05, 0.1) is 5.69 Å². The summed E-state index contributed by atoms with van der Waals surface area (Å²) < 4.78 is 23.0. The molecule has 0 aliphatic heterocycles. The highest BCUT2D eigenvalue weighted by Crippen LogP contribution is 2.23. The summed E-state index contributed by atoms with van der Waals surface area (Å²) >= 11 is 0. The standard InChI is InChI=1S/C15H12N2O2S/c1-20(18,19)15-16-9-8-14(17-15)13-7-6-11-4-2-3-5-12(11)10-13/h2-10H,1H3. The first-order valence-electron chi connectivity index (χ1n) is 6.06. The van der Waals surface area contributed by atoms with Gasteiger partial charge >= 0.3 is 0 Å². The molecule has 0 atom stereocenters. The lowest BCUT2D eigenvalue weighted by atomic mass is 10.1. The van der Waals surface area contributed by atoms with Crippen LogP contribution < -0.4 is 0 Å². The summed E-state index contributed by atoms with van der Waals surface area (Å²) in [7, 11) is -3.40. The number of hydrogen-bond donors (Lipinski definition) is 0. The third-order valence-electron chi connectivity index (χ3n) is 3.01. The maximum atomic E-state index is 11.5. The molecule has 0 spiro atoms. The van der Waals surface area contributed by atoms with Gasteiger partial charge in [-0.15, -0.1) is 0 Å². The van der Waals surface area contributed by atoms with E-state index in [-0.39, 0.29) is 5.16 Å². The van der Waals surface area contributed by atoms with Crippen LogP contribution in [0.5, 0.6) is 0 Å². The molecule has 100 valence electrons. The van der Waals surface area contributed by atoms with E-state index >= 15 is 0 Å². The van der Waals surface area contributed by atoms with Crippen molar-refractivity contribution in [2.75, 3.05) is 6.26 Å². The average molecular weight is 284 g/mol. The maximum Gasteiger partial charge on any atom is 0.247 e. The van der Waals surface area contributed by atoms with E-state index in [1.165, 1.54) is 6.20 Å². The smallest absolute Gasteiger partial charge is 0.227 e. The monoisotopic (exact) mass is 284 g/mol. The molecule has 2 aromatic carbocycles. The Morgan fingerprint density at radius 1 is 0.950 bits per heavy atom. The van der Waals surface area contributed by atoms with Crippen molar-refractivity contribution in [1.82, 2.24) is 9.97 Å². The fraction of sp³-hybridized carbons (Fsp3) is 0.0667. The number of aromatic nitrogens is 2. The van der Waals surface area contributed by atoms with Crippen molar-refractivity contribution in [1.29, 1.82) is 0 Å². The van der Waals surface area contributed by atoms with Crippen LogP contribution in [0.15, 0.2) is 59.9 Å². The van der Waals surface area contributed by atoms with E-state index in [2.05, 4.69) is 9.97 Å². The van der Waals surface area contributed by atoms with Gasteiger partial charge in [0.2, 0.25) is 15.0 Å². The Hall–Kier alpha value is -2.27. The molecule has 3 rings (SSSR count). The molecular formula is C15H12N2O2S. The van der Waals surface area contributed by atoms with Crippen molar-refractivity contribution in [3.05, 3.63) is 54.7 Å². The predicted octanol–water partition coefficient (Wildman–Crippen LogP) is 2.70. The SMILES string of the molecule is CS(=O)(=O)c1nccc(-c2ccc3ccccc3c2)n1. The van der Waals surface area contributed by atoms with Crippen LogP contribution in [-0.2, 0) is 9.84 Å². The zero-order valence-electron chi connectivity index (χ0n) is 10.8. The van der Waals surface area contributed by atoms with Crippen molar-refractivity contribution in [2.45, 2.75) is 5.16 Å². The fourth-order valence-electron chi connectivity index (χ4n) is 2.03. The van der Waals surface area contributed by atoms with Crippen molar-refractivity contribution in [3.8, 4) is 11.3 Å². The highest BCUT2D eigenvalue weighted by Gasteiger charge is 2.12. The Morgan fingerprint density at radius 3 is 2.45 bits per heavy atom. The molecule has 0 radical (unpaired) electrons. The van der Waals surface area contributed by atoms with Gasteiger partial charge in [0.25, 0.3) is 0 Å². The lowest BCUT2D eigenvalue weighted by molar-refractivity contribution is 0.593. The molecule has 1 heterocycles. The van der Waals surface area contributed by atoms with Gasteiger partial charge in [-0.3, -0.25) is 0 Å². The number of sulfone groups is 1. The van der Waals surface area contributed by atoms with Crippen LogP contribution >= 0.6 is 0 Å². The molecule has 0 N–H and O–H groups in total. The zero-order chi connectivity index (χ0) is 14.2. The Labute approximate surface area is 117 Å². The minimum absolute atomic E-state index is 0.150. The molecule has 0 bridgehead atoms. The van der Waals surface area contributed by atoms with Crippen LogP contribution in [-0.4, -0.2) is 24.6 Å². The molecule has 0 unspecified atom stereocenters. The van der Waals surface area contributed by atoms with E-state index in [0.29, 0.717) is 5.69 Å². The van der Waals surface area contributed by atoms with Gasteiger partial charge in [0, 0.05) is 18.0 Å². The van der Waals surface area contributed by atoms with Crippen molar-refractivity contribution in [3.63, 3.8) is 0 Å². The second-order valence-corrected chi connectivity index (χ2v) is 6.47. The average Bonchev–Trinajstić information content (AvgIpc) is 2.46.